The Labute approximate surface area is 154 Å². The summed E-state index contributed by atoms with van der Waals surface area (Å²) in [4.78, 5) is 21.1. The lowest BCUT2D eigenvalue weighted by Gasteiger charge is -2.40. The zero-order valence-electron chi connectivity index (χ0n) is 15.9. The molecule has 0 saturated carbocycles. The van der Waals surface area contributed by atoms with Crippen molar-refractivity contribution in [2.24, 2.45) is 13.0 Å². The third-order valence-corrected chi connectivity index (χ3v) is 5.12. The van der Waals surface area contributed by atoms with E-state index in [0.29, 0.717) is 23.9 Å². The van der Waals surface area contributed by atoms with E-state index in [4.69, 9.17) is 4.74 Å². The van der Waals surface area contributed by atoms with Gasteiger partial charge in [-0.3, -0.25) is 14.4 Å². The highest BCUT2D eigenvalue weighted by atomic mass is 16.5. The van der Waals surface area contributed by atoms with Crippen LogP contribution in [0.25, 0.3) is 0 Å². The van der Waals surface area contributed by atoms with Crippen LogP contribution in [0.15, 0.2) is 30.7 Å². The predicted molar refractivity (Wildman–Crippen MR) is 99.1 cm³/mol. The number of aromatic nitrogens is 3. The Morgan fingerprint density at radius 1 is 1.35 bits per heavy atom. The minimum atomic E-state index is -0.0154. The Hall–Kier alpha value is -2.41. The van der Waals surface area contributed by atoms with E-state index in [1.807, 2.05) is 25.0 Å². The summed E-state index contributed by atoms with van der Waals surface area (Å²) in [5, 5.41) is 4.33. The summed E-state index contributed by atoms with van der Waals surface area (Å²) < 4.78 is 6.90. The summed E-state index contributed by atoms with van der Waals surface area (Å²) in [5.74, 6) is 0.867. The summed E-state index contributed by atoms with van der Waals surface area (Å²) in [6.45, 7) is 1.77. The standard InChI is InChI=1S/C19H27N5O2/c1-22-9-5-6-15(18(22)16-11-21-24(3)13-16)12-23(2)19(25)14-7-8-17(26-4)20-10-14/h7-8,10-11,13,15,18H,5-6,9,12H2,1-4H3/t15-,18+/m0/s1. The number of hydrogen-bond acceptors (Lipinski definition) is 5. The molecule has 0 aromatic carbocycles. The topological polar surface area (TPSA) is 63.5 Å². The number of ether oxygens (including phenoxy) is 1. The molecule has 140 valence electrons. The highest BCUT2D eigenvalue weighted by Crippen LogP contribution is 2.35. The molecule has 26 heavy (non-hydrogen) atoms. The molecule has 2 atom stereocenters. The second-order valence-electron chi connectivity index (χ2n) is 7.05. The second-order valence-corrected chi connectivity index (χ2v) is 7.05. The predicted octanol–water partition coefficient (Wildman–Crippen LogP) is 1.98. The van der Waals surface area contributed by atoms with Gasteiger partial charge in [-0.15, -0.1) is 0 Å². The van der Waals surface area contributed by atoms with Gasteiger partial charge in [0.15, 0.2) is 0 Å². The number of rotatable bonds is 5. The molecule has 0 spiro atoms. The number of methoxy groups -OCH3 is 1. The van der Waals surface area contributed by atoms with Crippen LogP contribution in [0.5, 0.6) is 5.88 Å². The van der Waals surface area contributed by atoms with E-state index in [9.17, 15) is 4.79 Å². The summed E-state index contributed by atoms with van der Waals surface area (Å²) in [7, 11) is 7.52. The number of carbonyl (C=O) groups excluding carboxylic acids is 1. The van der Waals surface area contributed by atoms with Gasteiger partial charge in [0.25, 0.3) is 5.91 Å². The third-order valence-electron chi connectivity index (χ3n) is 5.12. The van der Waals surface area contributed by atoms with Crippen molar-refractivity contribution in [2.45, 2.75) is 18.9 Å². The lowest BCUT2D eigenvalue weighted by molar-refractivity contribution is 0.0645. The van der Waals surface area contributed by atoms with Crippen molar-refractivity contribution >= 4 is 5.91 Å². The number of likely N-dealkylation sites (tertiary alicyclic amines) is 1. The molecular formula is C19H27N5O2. The molecule has 3 heterocycles. The SMILES string of the molecule is COc1ccc(C(=O)N(C)C[C@@H]2CCCN(C)[C@H]2c2cnn(C)c2)cn1. The second kappa shape index (κ2) is 7.86. The van der Waals surface area contributed by atoms with Gasteiger partial charge in [-0.1, -0.05) is 0 Å². The molecule has 7 nitrogen and oxygen atoms in total. The molecule has 1 amide bonds. The first kappa shape index (κ1) is 18.4. The molecule has 1 saturated heterocycles. The van der Waals surface area contributed by atoms with E-state index in [2.05, 4.69) is 28.2 Å². The van der Waals surface area contributed by atoms with E-state index < -0.39 is 0 Å². The maximum atomic E-state index is 12.8. The Morgan fingerprint density at radius 3 is 2.77 bits per heavy atom. The van der Waals surface area contributed by atoms with Crippen molar-refractivity contribution in [3.63, 3.8) is 0 Å². The van der Waals surface area contributed by atoms with Gasteiger partial charge in [0, 0.05) is 50.7 Å². The molecule has 2 aromatic rings. The van der Waals surface area contributed by atoms with Gasteiger partial charge in [0.2, 0.25) is 5.88 Å². The van der Waals surface area contributed by atoms with Crippen LogP contribution in [-0.2, 0) is 7.05 Å². The number of pyridine rings is 1. The highest BCUT2D eigenvalue weighted by molar-refractivity contribution is 5.93. The van der Waals surface area contributed by atoms with Crippen LogP contribution in [0.3, 0.4) is 0 Å². The Morgan fingerprint density at radius 2 is 2.15 bits per heavy atom. The summed E-state index contributed by atoms with van der Waals surface area (Å²) >= 11 is 0. The molecule has 2 aromatic heterocycles. The van der Waals surface area contributed by atoms with Crippen LogP contribution in [0.1, 0.15) is 34.8 Å². The normalized spacial score (nSPS) is 20.8. The zero-order valence-corrected chi connectivity index (χ0v) is 15.9. The van der Waals surface area contributed by atoms with Crippen molar-refractivity contribution in [2.75, 3.05) is 34.3 Å². The number of piperidine rings is 1. The number of nitrogens with zero attached hydrogens (tertiary/aromatic N) is 5. The first-order chi connectivity index (χ1) is 12.5. The minimum absolute atomic E-state index is 0.0154. The molecule has 7 heteroatoms. The molecule has 0 unspecified atom stereocenters. The molecule has 1 aliphatic heterocycles. The van der Waals surface area contributed by atoms with E-state index in [1.165, 1.54) is 5.56 Å². The van der Waals surface area contributed by atoms with E-state index in [-0.39, 0.29) is 11.9 Å². The van der Waals surface area contributed by atoms with Gasteiger partial charge in [0.1, 0.15) is 0 Å². The molecule has 0 bridgehead atoms. The van der Waals surface area contributed by atoms with Crippen molar-refractivity contribution < 1.29 is 9.53 Å². The van der Waals surface area contributed by atoms with Gasteiger partial charge in [-0.2, -0.15) is 5.10 Å². The van der Waals surface area contributed by atoms with E-state index in [1.54, 1.807) is 30.3 Å². The first-order valence-electron chi connectivity index (χ1n) is 8.94. The van der Waals surface area contributed by atoms with Crippen molar-refractivity contribution in [3.8, 4) is 5.88 Å². The molecule has 0 radical (unpaired) electrons. The largest absolute Gasteiger partial charge is 0.481 e. The fourth-order valence-electron chi connectivity index (χ4n) is 3.85. The monoisotopic (exact) mass is 357 g/mol. The lowest BCUT2D eigenvalue weighted by atomic mass is 9.85. The Balaban J connectivity index is 1.73. The van der Waals surface area contributed by atoms with Gasteiger partial charge >= 0.3 is 0 Å². The quantitative estimate of drug-likeness (QED) is 0.819. The number of amides is 1. The summed E-state index contributed by atoms with van der Waals surface area (Å²) in [6, 6.07) is 3.76. The van der Waals surface area contributed by atoms with Crippen LogP contribution in [-0.4, -0.2) is 64.8 Å². The van der Waals surface area contributed by atoms with E-state index >= 15 is 0 Å². The van der Waals surface area contributed by atoms with Crippen molar-refractivity contribution in [1.29, 1.82) is 0 Å². The summed E-state index contributed by atoms with van der Waals surface area (Å²) in [6.07, 6.45) is 7.83. The van der Waals surface area contributed by atoms with Gasteiger partial charge < -0.3 is 9.64 Å². The average molecular weight is 357 g/mol. The maximum absolute atomic E-state index is 12.8. The molecule has 0 N–H and O–H groups in total. The maximum Gasteiger partial charge on any atom is 0.255 e. The molecule has 1 fully saturated rings. The Bertz CT molecular complexity index is 743. The molecule has 3 rings (SSSR count). The van der Waals surface area contributed by atoms with Crippen LogP contribution >= 0.6 is 0 Å². The fraction of sp³-hybridized carbons (Fsp3) is 0.526. The van der Waals surface area contributed by atoms with Gasteiger partial charge in [0.05, 0.1) is 18.9 Å². The van der Waals surface area contributed by atoms with Gasteiger partial charge in [-0.05, 0) is 38.4 Å². The molecular weight excluding hydrogens is 330 g/mol. The van der Waals surface area contributed by atoms with Crippen molar-refractivity contribution in [1.82, 2.24) is 24.6 Å². The fourth-order valence-corrected chi connectivity index (χ4v) is 3.85. The summed E-state index contributed by atoms with van der Waals surface area (Å²) in [5.41, 5.74) is 1.79. The first-order valence-corrected chi connectivity index (χ1v) is 8.94. The minimum Gasteiger partial charge on any atom is -0.481 e. The molecule has 1 aliphatic rings. The third kappa shape index (κ3) is 3.88. The van der Waals surface area contributed by atoms with Gasteiger partial charge in [-0.25, -0.2) is 4.98 Å². The Kier molecular flexibility index (Phi) is 5.56. The lowest BCUT2D eigenvalue weighted by Crippen LogP contribution is -2.42. The number of aryl methyl sites for hydroxylation is 1. The van der Waals surface area contributed by atoms with Crippen LogP contribution < -0.4 is 4.74 Å². The molecule has 0 aliphatic carbocycles. The van der Waals surface area contributed by atoms with E-state index in [0.717, 1.165) is 19.4 Å². The van der Waals surface area contributed by atoms with Crippen molar-refractivity contribution in [3.05, 3.63) is 41.9 Å². The average Bonchev–Trinajstić information content (AvgIpc) is 3.07. The van der Waals surface area contributed by atoms with Crippen LogP contribution in [0, 0.1) is 5.92 Å². The number of hydrogen-bond donors (Lipinski definition) is 0. The highest BCUT2D eigenvalue weighted by Gasteiger charge is 2.33. The number of carbonyl (C=O) groups is 1. The smallest absolute Gasteiger partial charge is 0.255 e. The zero-order chi connectivity index (χ0) is 18.7. The van der Waals surface area contributed by atoms with Crippen LogP contribution in [0.2, 0.25) is 0 Å². The van der Waals surface area contributed by atoms with Crippen LogP contribution in [0.4, 0.5) is 0 Å².